The topological polar surface area (TPSA) is 12.0 Å². The molecule has 3 heteroatoms. The summed E-state index contributed by atoms with van der Waals surface area (Å²) >= 11 is 0. The second-order valence-electron chi connectivity index (χ2n) is 5.26. The minimum Gasteiger partial charge on any atom is -0.385 e. The van der Waals surface area contributed by atoms with Crippen LogP contribution in [0.1, 0.15) is 23.1 Å². The van der Waals surface area contributed by atoms with Gasteiger partial charge in [-0.1, -0.05) is 18.2 Å². The lowest BCUT2D eigenvalue weighted by Crippen LogP contribution is -2.11. The van der Waals surface area contributed by atoms with Crippen molar-refractivity contribution in [3.05, 3.63) is 64.7 Å². The van der Waals surface area contributed by atoms with Crippen LogP contribution in [0.2, 0.25) is 0 Å². The molecule has 0 atom stereocenters. The van der Waals surface area contributed by atoms with Gasteiger partial charge in [0.05, 0.1) is 0 Å². The molecule has 0 radical (unpaired) electrons. The van der Waals surface area contributed by atoms with E-state index in [9.17, 15) is 8.78 Å². The van der Waals surface area contributed by atoms with Crippen LogP contribution in [0.3, 0.4) is 0 Å². The van der Waals surface area contributed by atoms with Crippen LogP contribution in [-0.4, -0.2) is 6.54 Å². The molecule has 1 N–H and O–H groups in total. The molecule has 104 valence electrons. The summed E-state index contributed by atoms with van der Waals surface area (Å²) in [5, 5.41) is 3.38. The minimum absolute atomic E-state index is 0.454. The highest BCUT2D eigenvalue weighted by molar-refractivity contribution is 5.54. The predicted octanol–water partition coefficient (Wildman–Crippen LogP) is 4.11. The summed E-state index contributed by atoms with van der Waals surface area (Å²) in [6.07, 6.45) is 3.62. The van der Waals surface area contributed by atoms with Crippen molar-refractivity contribution in [2.24, 2.45) is 0 Å². The largest absolute Gasteiger partial charge is 0.385 e. The van der Waals surface area contributed by atoms with Gasteiger partial charge in [-0.25, -0.2) is 8.78 Å². The van der Waals surface area contributed by atoms with E-state index in [2.05, 4.69) is 23.5 Å². The molecule has 1 nitrogen and oxygen atoms in total. The number of benzene rings is 2. The first-order valence-corrected chi connectivity index (χ1v) is 7.02. The summed E-state index contributed by atoms with van der Waals surface area (Å²) < 4.78 is 26.4. The normalized spacial score (nSPS) is 13.7. The van der Waals surface area contributed by atoms with Gasteiger partial charge in [0, 0.05) is 18.3 Å². The lowest BCUT2D eigenvalue weighted by Gasteiger charge is -2.18. The fourth-order valence-corrected chi connectivity index (χ4v) is 2.69. The van der Waals surface area contributed by atoms with Gasteiger partial charge < -0.3 is 5.32 Å². The molecule has 2 aromatic rings. The summed E-state index contributed by atoms with van der Waals surface area (Å²) in [7, 11) is 0. The van der Waals surface area contributed by atoms with E-state index < -0.39 is 11.6 Å². The third-order valence-electron chi connectivity index (χ3n) is 3.81. The molecule has 0 spiro atoms. The number of halogens is 2. The highest BCUT2D eigenvalue weighted by Gasteiger charge is 2.09. The summed E-state index contributed by atoms with van der Waals surface area (Å²) in [5.74, 6) is -0.976. The molecule has 0 aliphatic carbocycles. The summed E-state index contributed by atoms with van der Waals surface area (Å²) in [4.78, 5) is 0. The zero-order chi connectivity index (χ0) is 13.9. The Morgan fingerprint density at radius 2 is 1.90 bits per heavy atom. The zero-order valence-corrected chi connectivity index (χ0v) is 11.3. The van der Waals surface area contributed by atoms with E-state index in [0.29, 0.717) is 12.0 Å². The average Bonchev–Trinajstić information content (AvgIpc) is 2.46. The molecule has 3 rings (SSSR count). The van der Waals surface area contributed by atoms with E-state index >= 15 is 0 Å². The standard InChI is InChI=1S/C17H17F2N/c18-15-7-6-13(16(19)11-15)5-3-12-4-8-17-14(10-12)2-1-9-20-17/h4,6-8,10-11,20H,1-3,5,9H2. The summed E-state index contributed by atoms with van der Waals surface area (Å²) in [6.45, 7) is 1.03. The Morgan fingerprint density at radius 1 is 1.00 bits per heavy atom. The SMILES string of the molecule is Fc1ccc(CCc2ccc3c(c2)CCCN3)c(F)c1. The van der Waals surface area contributed by atoms with Crippen LogP contribution in [0.25, 0.3) is 0 Å². The van der Waals surface area contributed by atoms with Crippen molar-refractivity contribution in [1.82, 2.24) is 0 Å². The molecule has 0 fully saturated rings. The predicted molar refractivity (Wildman–Crippen MR) is 77.0 cm³/mol. The first kappa shape index (κ1) is 13.1. The molecule has 1 aliphatic heterocycles. The van der Waals surface area contributed by atoms with Crippen LogP contribution in [0.5, 0.6) is 0 Å². The van der Waals surface area contributed by atoms with Gasteiger partial charge in [-0.05, 0) is 54.5 Å². The molecular formula is C17H17F2N. The highest BCUT2D eigenvalue weighted by atomic mass is 19.1. The number of aryl methyl sites for hydroxylation is 3. The Labute approximate surface area is 117 Å². The molecule has 1 heterocycles. The fraction of sp³-hybridized carbons (Fsp3) is 0.294. The van der Waals surface area contributed by atoms with Crippen LogP contribution < -0.4 is 5.32 Å². The highest BCUT2D eigenvalue weighted by Crippen LogP contribution is 2.23. The van der Waals surface area contributed by atoms with Crippen molar-refractivity contribution in [3.63, 3.8) is 0 Å². The fourth-order valence-electron chi connectivity index (χ4n) is 2.69. The minimum atomic E-state index is -0.522. The molecule has 20 heavy (non-hydrogen) atoms. The maximum Gasteiger partial charge on any atom is 0.129 e. The van der Waals surface area contributed by atoms with Crippen molar-refractivity contribution < 1.29 is 8.78 Å². The van der Waals surface area contributed by atoms with Crippen molar-refractivity contribution in [1.29, 1.82) is 0 Å². The monoisotopic (exact) mass is 273 g/mol. The number of nitrogens with one attached hydrogen (secondary N) is 1. The molecule has 2 aromatic carbocycles. The van der Waals surface area contributed by atoms with Gasteiger partial charge in [0.25, 0.3) is 0 Å². The molecule has 0 saturated carbocycles. The molecule has 0 amide bonds. The van der Waals surface area contributed by atoms with Crippen molar-refractivity contribution in [3.8, 4) is 0 Å². The van der Waals surface area contributed by atoms with Gasteiger partial charge in [-0.15, -0.1) is 0 Å². The van der Waals surface area contributed by atoms with E-state index in [-0.39, 0.29) is 0 Å². The van der Waals surface area contributed by atoms with Crippen LogP contribution >= 0.6 is 0 Å². The number of hydrogen-bond donors (Lipinski definition) is 1. The van der Waals surface area contributed by atoms with Crippen LogP contribution in [0.15, 0.2) is 36.4 Å². The van der Waals surface area contributed by atoms with Crippen molar-refractivity contribution >= 4 is 5.69 Å². The Kier molecular flexibility index (Phi) is 3.68. The van der Waals surface area contributed by atoms with E-state index in [4.69, 9.17) is 0 Å². The van der Waals surface area contributed by atoms with Gasteiger partial charge in [-0.2, -0.15) is 0 Å². The molecule has 0 bridgehead atoms. The second-order valence-corrected chi connectivity index (χ2v) is 5.26. The van der Waals surface area contributed by atoms with E-state index in [0.717, 1.165) is 31.9 Å². The van der Waals surface area contributed by atoms with Gasteiger partial charge in [0.1, 0.15) is 11.6 Å². The van der Waals surface area contributed by atoms with Crippen LogP contribution in [-0.2, 0) is 19.3 Å². The van der Waals surface area contributed by atoms with Crippen LogP contribution in [0, 0.1) is 11.6 Å². The maximum absolute atomic E-state index is 13.6. The summed E-state index contributed by atoms with van der Waals surface area (Å²) in [6, 6.07) is 10.2. The van der Waals surface area contributed by atoms with Crippen molar-refractivity contribution in [2.75, 3.05) is 11.9 Å². The Hall–Kier alpha value is -1.90. The first-order chi connectivity index (χ1) is 9.72. The van der Waals surface area contributed by atoms with E-state index in [1.165, 1.54) is 28.9 Å². The number of fused-ring (bicyclic) bond motifs is 1. The quantitative estimate of drug-likeness (QED) is 0.887. The molecule has 0 aromatic heterocycles. The second kappa shape index (κ2) is 5.61. The average molecular weight is 273 g/mol. The Bertz CT molecular complexity index is 622. The van der Waals surface area contributed by atoms with Gasteiger partial charge in [0.15, 0.2) is 0 Å². The smallest absolute Gasteiger partial charge is 0.129 e. The van der Waals surface area contributed by atoms with Gasteiger partial charge in [-0.3, -0.25) is 0 Å². The molecule has 1 aliphatic rings. The van der Waals surface area contributed by atoms with Crippen molar-refractivity contribution in [2.45, 2.75) is 25.7 Å². The zero-order valence-electron chi connectivity index (χ0n) is 11.3. The molecule has 0 saturated heterocycles. The van der Waals surface area contributed by atoms with E-state index in [1.54, 1.807) is 0 Å². The Balaban J connectivity index is 1.72. The number of hydrogen-bond acceptors (Lipinski definition) is 1. The third-order valence-corrected chi connectivity index (χ3v) is 3.81. The van der Waals surface area contributed by atoms with Gasteiger partial charge in [0.2, 0.25) is 0 Å². The Morgan fingerprint density at radius 3 is 2.75 bits per heavy atom. The maximum atomic E-state index is 13.6. The first-order valence-electron chi connectivity index (χ1n) is 7.02. The van der Waals surface area contributed by atoms with Crippen LogP contribution in [0.4, 0.5) is 14.5 Å². The lowest BCUT2D eigenvalue weighted by atomic mass is 9.97. The van der Waals surface area contributed by atoms with E-state index in [1.807, 2.05) is 0 Å². The number of anilines is 1. The lowest BCUT2D eigenvalue weighted by molar-refractivity contribution is 0.571. The summed E-state index contributed by atoms with van der Waals surface area (Å²) in [5.41, 5.74) is 4.33. The third kappa shape index (κ3) is 2.82. The molecular weight excluding hydrogens is 256 g/mol. The molecule has 0 unspecified atom stereocenters. The number of rotatable bonds is 3. The van der Waals surface area contributed by atoms with Gasteiger partial charge >= 0.3 is 0 Å².